The lowest BCUT2D eigenvalue weighted by molar-refractivity contribution is -0.136. The van der Waals surface area contributed by atoms with Gasteiger partial charge in [-0.2, -0.15) is 0 Å². The molecule has 1 spiro atoms. The van der Waals surface area contributed by atoms with Crippen LogP contribution in [0.25, 0.3) is 0 Å². The molecule has 0 aliphatic carbocycles. The molecule has 2 saturated heterocycles. The van der Waals surface area contributed by atoms with Crippen LogP contribution in [0.15, 0.2) is 18.3 Å². The predicted octanol–water partition coefficient (Wildman–Crippen LogP) is 1.80. The molecule has 0 N–H and O–H groups in total. The quantitative estimate of drug-likeness (QED) is 0.833. The molecule has 5 nitrogen and oxygen atoms in total. The molecular weight excluding hydrogens is 268 g/mol. The Morgan fingerprint density at radius 3 is 2.95 bits per heavy atom. The maximum absolute atomic E-state index is 12.6. The maximum Gasteiger partial charge on any atom is 0.255 e. The SMILES string of the molecule is CO[C@H]1CN(C(=O)c2ccc(C)nc2)CC[C@@]12CCCO2. The van der Waals surface area contributed by atoms with Crippen molar-refractivity contribution in [1.29, 1.82) is 0 Å². The Morgan fingerprint density at radius 1 is 1.48 bits per heavy atom. The van der Waals surface area contributed by atoms with E-state index in [1.54, 1.807) is 13.3 Å². The number of aryl methyl sites for hydroxylation is 1. The molecule has 3 heterocycles. The minimum absolute atomic E-state index is 0.0254. The van der Waals surface area contributed by atoms with E-state index >= 15 is 0 Å². The fourth-order valence-electron chi connectivity index (χ4n) is 3.36. The van der Waals surface area contributed by atoms with E-state index in [9.17, 15) is 4.79 Å². The molecule has 0 aromatic carbocycles. The number of carbonyl (C=O) groups excluding carboxylic acids is 1. The van der Waals surface area contributed by atoms with Crippen LogP contribution >= 0.6 is 0 Å². The van der Waals surface area contributed by atoms with Crippen LogP contribution in [-0.2, 0) is 9.47 Å². The second-order valence-corrected chi connectivity index (χ2v) is 5.93. The molecule has 2 aliphatic heterocycles. The van der Waals surface area contributed by atoms with Crippen LogP contribution in [0.2, 0.25) is 0 Å². The number of hydrogen-bond acceptors (Lipinski definition) is 4. The molecule has 1 aromatic heterocycles. The van der Waals surface area contributed by atoms with E-state index < -0.39 is 0 Å². The fourth-order valence-corrected chi connectivity index (χ4v) is 3.36. The highest BCUT2D eigenvalue weighted by atomic mass is 16.5. The molecule has 2 fully saturated rings. The summed E-state index contributed by atoms with van der Waals surface area (Å²) < 4.78 is 11.6. The molecule has 5 heteroatoms. The smallest absolute Gasteiger partial charge is 0.255 e. The van der Waals surface area contributed by atoms with Crippen molar-refractivity contribution in [2.75, 3.05) is 26.8 Å². The average molecular weight is 290 g/mol. The Kier molecular flexibility index (Phi) is 3.95. The van der Waals surface area contributed by atoms with Crippen LogP contribution in [0.4, 0.5) is 0 Å². The van der Waals surface area contributed by atoms with Crippen molar-refractivity contribution in [2.24, 2.45) is 0 Å². The van der Waals surface area contributed by atoms with Gasteiger partial charge >= 0.3 is 0 Å². The third-order valence-electron chi connectivity index (χ3n) is 4.64. The minimum atomic E-state index is -0.183. The first-order valence-electron chi connectivity index (χ1n) is 7.53. The Morgan fingerprint density at radius 2 is 2.33 bits per heavy atom. The summed E-state index contributed by atoms with van der Waals surface area (Å²) in [5.74, 6) is 0.0254. The summed E-state index contributed by atoms with van der Waals surface area (Å²) >= 11 is 0. The third-order valence-corrected chi connectivity index (χ3v) is 4.64. The number of carbonyl (C=O) groups is 1. The first-order valence-corrected chi connectivity index (χ1v) is 7.53. The van der Waals surface area contributed by atoms with Gasteiger partial charge in [0.25, 0.3) is 5.91 Å². The molecule has 0 unspecified atom stereocenters. The van der Waals surface area contributed by atoms with Gasteiger partial charge in [0.2, 0.25) is 0 Å². The maximum atomic E-state index is 12.6. The van der Waals surface area contributed by atoms with Gasteiger partial charge in [-0.05, 0) is 38.3 Å². The zero-order valence-corrected chi connectivity index (χ0v) is 12.7. The van der Waals surface area contributed by atoms with Gasteiger partial charge in [-0.3, -0.25) is 9.78 Å². The molecule has 0 saturated carbocycles. The van der Waals surface area contributed by atoms with E-state index in [-0.39, 0.29) is 17.6 Å². The molecule has 3 rings (SSSR count). The Bertz CT molecular complexity index is 509. The second-order valence-electron chi connectivity index (χ2n) is 5.93. The number of hydrogen-bond donors (Lipinski definition) is 0. The second kappa shape index (κ2) is 5.73. The topological polar surface area (TPSA) is 51.7 Å². The van der Waals surface area contributed by atoms with Gasteiger partial charge in [-0.25, -0.2) is 0 Å². The molecule has 21 heavy (non-hydrogen) atoms. The van der Waals surface area contributed by atoms with Crippen molar-refractivity contribution in [1.82, 2.24) is 9.88 Å². The molecule has 2 atom stereocenters. The lowest BCUT2D eigenvalue weighted by atomic mass is 9.85. The number of ether oxygens (including phenoxy) is 2. The Labute approximate surface area is 125 Å². The number of likely N-dealkylation sites (tertiary alicyclic amines) is 1. The van der Waals surface area contributed by atoms with E-state index in [1.165, 1.54) is 0 Å². The summed E-state index contributed by atoms with van der Waals surface area (Å²) in [5, 5.41) is 0. The summed E-state index contributed by atoms with van der Waals surface area (Å²) in [4.78, 5) is 18.6. The van der Waals surface area contributed by atoms with Crippen LogP contribution < -0.4 is 0 Å². The first-order chi connectivity index (χ1) is 10.1. The monoisotopic (exact) mass is 290 g/mol. The van der Waals surface area contributed by atoms with E-state index in [1.807, 2.05) is 24.0 Å². The minimum Gasteiger partial charge on any atom is -0.377 e. The number of pyridine rings is 1. The van der Waals surface area contributed by atoms with Gasteiger partial charge in [0, 0.05) is 38.7 Å². The number of amides is 1. The number of nitrogens with zero attached hydrogens (tertiary/aromatic N) is 2. The molecule has 2 aliphatic rings. The van der Waals surface area contributed by atoms with Gasteiger partial charge in [0.15, 0.2) is 0 Å². The van der Waals surface area contributed by atoms with E-state index in [0.717, 1.165) is 31.6 Å². The summed E-state index contributed by atoms with van der Waals surface area (Å²) in [6.45, 7) is 4.02. The number of rotatable bonds is 2. The van der Waals surface area contributed by atoms with Gasteiger partial charge in [0.1, 0.15) is 6.10 Å². The lowest BCUT2D eigenvalue weighted by Crippen LogP contribution is -2.57. The number of aromatic nitrogens is 1. The standard InChI is InChI=1S/C16H22N2O3/c1-12-4-5-13(10-17-12)15(19)18-8-7-16(6-3-9-21-16)14(11-18)20-2/h4-5,10,14H,3,6-9,11H2,1-2H3/t14-,16-/m0/s1. The highest BCUT2D eigenvalue weighted by Crippen LogP contribution is 2.37. The van der Waals surface area contributed by atoms with Gasteiger partial charge in [0.05, 0.1) is 11.2 Å². The van der Waals surface area contributed by atoms with Gasteiger partial charge in [-0.15, -0.1) is 0 Å². The van der Waals surface area contributed by atoms with E-state index in [2.05, 4.69) is 4.98 Å². The summed E-state index contributed by atoms with van der Waals surface area (Å²) in [7, 11) is 1.70. The first kappa shape index (κ1) is 14.5. The molecule has 0 radical (unpaired) electrons. The van der Waals surface area contributed by atoms with Crippen molar-refractivity contribution < 1.29 is 14.3 Å². The Balaban J connectivity index is 1.73. The predicted molar refractivity (Wildman–Crippen MR) is 78.2 cm³/mol. The fraction of sp³-hybridized carbons (Fsp3) is 0.625. The lowest BCUT2D eigenvalue weighted by Gasteiger charge is -2.44. The zero-order valence-electron chi connectivity index (χ0n) is 12.7. The molecular formula is C16H22N2O3. The molecule has 0 bridgehead atoms. The largest absolute Gasteiger partial charge is 0.377 e. The number of piperidine rings is 1. The zero-order chi connectivity index (χ0) is 14.9. The van der Waals surface area contributed by atoms with Crippen molar-refractivity contribution in [2.45, 2.75) is 37.9 Å². The summed E-state index contributed by atoms with van der Waals surface area (Å²) in [6, 6.07) is 3.70. The third kappa shape index (κ3) is 2.68. The van der Waals surface area contributed by atoms with Gasteiger partial charge < -0.3 is 14.4 Å². The summed E-state index contributed by atoms with van der Waals surface area (Å²) in [6.07, 6.45) is 4.55. The van der Waals surface area contributed by atoms with Crippen LogP contribution in [-0.4, -0.2) is 54.3 Å². The van der Waals surface area contributed by atoms with Crippen LogP contribution in [0.1, 0.15) is 35.3 Å². The average Bonchev–Trinajstić information content (AvgIpc) is 2.97. The van der Waals surface area contributed by atoms with Gasteiger partial charge in [-0.1, -0.05) is 0 Å². The van der Waals surface area contributed by atoms with Crippen LogP contribution in [0, 0.1) is 6.92 Å². The summed E-state index contributed by atoms with van der Waals surface area (Å²) in [5.41, 5.74) is 1.37. The van der Waals surface area contributed by atoms with Crippen molar-refractivity contribution in [3.63, 3.8) is 0 Å². The normalized spacial score (nSPS) is 29.0. The molecule has 1 amide bonds. The molecule has 1 aromatic rings. The van der Waals surface area contributed by atoms with E-state index in [0.29, 0.717) is 18.7 Å². The van der Waals surface area contributed by atoms with Crippen molar-refractivity contribution in [3.05, 3.63) is 29.6 Å². The van der Waals surface area contributed by atoms with Crippen molar-refractivity contribution >= 4 is 5.91 Å². The van der Waals surface area contributed by atoms with Crippen LogP contribution in [0.3, 0.4) is 0 Å². The van der Waals surface area contributed by atoms with E-state index in [4.69, 9.17) is 9.47 Å². The highest BCUT2D eigenvalue weighted by Gasteiger charge is 2.47. The highest BCUT2D eigenvalue weighted by molar-refractivity contribution is 5.94. The Hall–Kier alpha value is -1.46. The number of methoxy groups -OCH3 is 1. The van der Waals surface area contributed by atoms with Crippen LogP contribution in [0.5, 0.6) is 0 Å². The molecule has 114 valence electrons. The van der Waals surface area contributed by atoms with Crippen molar-refractivity contribution in [3.8, 4) is 0 Å².